The van der Waals surface area contributed by atoms with Crippen molar-refractivity contribution in [3.63, 3.8) is 0 Å². The van der Waals surface area contributed by atoms with Gasteiger partial charge in [0, 0.05) is 6.04 Å². The molecule has 0 spiro atoms. The lowest BCUT2D eigenvalue weighted by Gasteiger charge is -2.12. The molecular formula is C15H20ClN3O. The monoisotopic (exact) mass is 293 g/mol. The lowest BCUT2D eigenvalue weighted by molar-refractivity contribution is -0.122. The van der Waals surface area contributed by atoms with Crippen LogP contribution in [0.1, 0.15) is 37.5 Å². The van der Waals surface area contributed by atoms with Crippen molar-refractivity contribution in [1.29, 1.82) is 0 Å². The van der Waals surface area contributed by atoms with Crippen molar-refractivity contribution < 1.29 is 4.79 Å². The first-order valence-corrected chi connectivity index (χ1v) is 7.22. The van der Waals surface area contributed by atoms with Gasteiger partial charge in [0.15, 0.2) is 0 Å². The van der Waals surface area contributed by atoms with Gasteiger partial charge in [-0.25, -0.2) is 4.98 Å². The van der Waals surface area contributed by atoms with E-state index in [1.165, 1.54) is 0 Å². The predicted octanol–water partition coefficient (Wildman–Crippen LogP) is 3.17. The van der Waals surface area contributed by atoms with Crippen LogP contribution in [-0.4, -0.2) is 21.5 Å². The molecule has 1 unspecified atom stereocenters. The second-order valence-corrected chi connectivity index (χ2v) is 6.04. The molecule has 0 aliphatic heterocycles. The topological polar surface area (TPSA) is 46.9 Å². The summed E-state index contributed by atoms with van der Waals surface area (Å²) < 4.78 is 1.89. The van der Waals surface area contributed by atoms with E-state index in [2.05, 4.69) is 10.3 Å². The Hall–Kier alpha value is -1.55. The van der Waals surface area contributed by atoms with Gasteiger partial charge < -0.3 is 9.88 Å². The number of hydrogen-bond acceptors (Lipinski definition) is 2. The quantitative estimate of drug-likeness (QED) is 0.880. The Kier molecular flexibility index (Phi) is 4.33. The fraction of sp³-hybridized carbons (Fsp3) is 0.467. The normalized spacial score (nSPS) is 12.9. The van der Waals surface area contributed by atoms with Crippen LogP contribution in [0.2, 0.25) is 0 Å². The first-order chi connectivity index (χ1) is 9.38. The molecule has 0 saturated carbocycles. The van der Waals surface area contributed by atoms with Gasteiger partial charge in [0.25, 0.3) is 0 Å². The molecule has 0 bridgehead atoms. The molecule has 0 radical (unpaired) electrons. The summed E-state index contributed by atoms with van der Waals surface area (Å²) in [5.41, 5.74) is 2.96. The van der Waals surface area contributed by atoms with Crippen LogP contribution in [-0.2, 0) is 11.3 Å². The lowest BCUT2D eigenvalue weighted by atomic mass is 10.2. The van der Waals surface area contributed by atoms with Crippen molar-refractivity contribution in [2.75, 3.05) is 0 Å². The van der Waals surface area contributed by atoms with E-state index in [1.54, 1.807) is 0 Å². The molecule has 4 nitrogen and oxygen atoms in total. The molecule has 1 atom stereocenters. The molecule has 5 heteroatoms. The minimum absolute atomic E-state index is 0.0292. The molecule has 2 aromatic rings. The van der Waals surface area contributed by atoms with Crippen molar-refractivity contribution in [2.45, 2.75) is 45.7 Å². The Labute approximate surface area is 124 Å². The van der Waals surface area contributed by atoms with Crippen LogP contribution >= 0.6 is 11.6 Å². The summed E-state index contributed by atoms with van der Waals surface area (Å²) >= 11 is 6.19. The number of imidazole rings is 1. The molecule has 108 valence electrons. The van der Waals surface area contributed by atoms with E-state index in [0.717, 1.165) is 22.4 Å². The number of fused-ring (bicyclic) bond motifs is 1. The van der Waals surface area contributed by atoms with E-state index in [-0.39, 0.29) is 23.9 Å². The van der Waals surface area contributed by atoms with Gasteiger partial charge in [-0.1, -0.05) is 6.07 Å². The lowest BCUT2D eigenvalue weighted by Crippen LogP contribution is -2.33. The SMILES string of the molecule is Cc1ccc2c(c1)nc(C(C)Cl)n2CC(=O)NC(C)C. The highest BCUT2D eigenvalue weighted by molar-refractivity contribution is 6.20. The predicted molar refractivity (Wildman–Crippen MR) is 82.0 cm³/mol. The molecule has 0 aliphatic carbocycles. The number of halogens is 1. The zero-order valence-corrected chi connectivity index (χ0v) is 13.0. The number of benzene rings is 1. The van der Waals surface area contributed by atoms with Crippen molar-refractivity contribution >= 4 is 28.5 Å². The zero-order chi connectivity index (χ0) is 14.9. The van der Waals surface area contributed by atoms with Crippen molar-refractivity contribution in [3.05, 3.63) is 29.6 Å². The Balaban J connectivity index is 2.43. The molecule has 0 aliphatic rings. The molecule has 1 amide bonds. The van der Waals surface area contributed by atoms with E-state index in [1.807, 2.05) is 50.5 Å². The van der Waals surface area contributed by atoms with Crippen LogP contribution in [0.15, 0.2) is 18.2 Å². The summed E-state index contributed by atoms with van der Waals surface area (Å²) in [4.78, 5) is 16.6. The van der Waals surface area contributed by atoms with Gasteiger partial charge in [0.1, 0.15) is 12.4 Å². The first kappa shape index (κ1) is 14.9. The summed E-state index contributed by atoms with van der Waals surface area (Å²) in [6.07, 6.45) is 0. The number of amides is 1. The van der Waals surface area contributed by atoms with Gasteiger partial charge in [0.2, 0.25) is 5.91 Å². The molecule has 0 fully saturated rings. The summed E-state index contributed by atoms with van der Waals surface area (Å²) in [7, 11) is 0. The Morgan fingerprint density at radius 1 is 1.40 bits per heavy atom. The Morgan fingerprint density at radius 2 is 2.10 bits per heavy atom. The average molecular weight is 294 g/mol. The largest absolute Gasteiger partial charge is 0.352 e. The minimum atomic E-state index is -0.241. The maximum Gasteiger partial charge on any atom is 0.240 e. The van der Waals surface area contributed by atoms with Crippen molar-refractivity contribution in [3.8, 4) is 0 Å². The maximum absolute atomic E-state index is 12.0. The van der Waals surface area contributed by atoms with Gasteiger partial charge in [-0.15, -0.1) is 11.6 Å². The summed E-state index contributed by atoms with van der Waals surface area (Å²) in [6, 6.07) is 6.14. The third kappa shape index (κ3) is 3.12. The molecular weight excluding hydrogens is 274 g/mol. The number of aromatic nitrogens is 2. The van der Waals surface area contributed by atoms with Crippen LogP contribution < -0.4 is 5.32 Å². The number of carbonyl (C=O) groups excluding carboxylic acids is 1. The summed E-state index contributed by atoms with van der Waals surface area (Å²) in [5, 5.41) is 2.65. The van der Waals surface area contributed by atoms with Crippen LogP contribution in [0.3, 0.4) is 0 Å². The third-order valence-electron chi connectivity index (χ3n) is 3.04. The number of alkyl halides is 1. The molecule has 1 aromatic carbocycles. The summed E-state index contributed by atoms with van der Waals surface area (Å²) in [5.74, 6) is 0.699. The second kappa shape index (κ2) is 5.83. The number of rotatable bonds is 4. The third-order valence-corrected chi connectivity index (χ3v) is 3.24. The number of hydrogen-bond donors (Lipinski definition) is 1. The molecule has 0 saturated heterocycles. The van der Waals surface area contributed by atoms with Gasteiger partial charge in [-0.3, -0.25) is 4.79 Å². The standard InChI is InChI=1S/C15H20ClN3O/c1-9(2)17-14(20)8-19-13-6-5-10(3)7-12(13)18-15(19)11(4)16/h5-7,9,11H,8H2,1-4H3,(H,17,20). The molecule has 20 heavy (non-hydrogen) atoms. The van der Waals surface area contributed by atoms with Crippen molar-refractivity contribution in [2.24, 2.45) is 0 Å². The van der Waals surface area contributed by atoms with Crippen LogP contribution in [0.25, 0.3) is 11.0 Å². The van der Waals surface area contributed by atoms with E-state index in [4.69, 9.17) is 11.6 Å². The van der Waals surface area contributed by atoms with Gasteiger partial charge in [-0.2, -0.15) is 0 Å². The molecule has 2 rings (SSSR count). The zero-order valence-electron chi connectivity index (χ0n) is 12.3. The number of nitrogens with one attached hydrogen (secondary N) is 1. The van der Waals surface area contributed by atoms with Gasteiger partial charge in [-0.05, 0) is 45.4 Å². The van der Waals surface area contributed by atoms with Crippen LogP contribution in [0.5, 0.6) is 0 Å². The summed E-state index contributed by atoms with van der Waals surface area (Å²) in [6.45, 7) is 8.01. The highest BCUT2D eigenvalue weighted by atomic mass is 35.5. The van der Waals surface area contributed by atoms with Crippen molar-refractivity contribution in [1.82, 2.24) is 14.9 Å². The highest BCUT2D eigenvalue weighted by Gasteiger charge is 2.17. The maximum atomic E-state index is 12.0. The first-order valence-electron chi connectivity index (χ1n) is 6.78. The molecule has 1 aromatic heterocycles. The number of aryl methyl sites for hydroxylation is 1. The van der Waals surface area contributed by atoms with E-state index in [9.17, 15) is 4.79 Å². The smallest absolute Gasteiger partial charge is 0.240 e. The number of nitrogens with zero attached hydrogens (tertiary/aromatic N) is 2. The van der Waals surface area contributed by atoms with Crippen LogP contribution in [0, 0.1) is 6.92 Å². The number of carbonyl (C=O) groups is 1. The highest BCUT2D eigenvalue weighted by Crippen LogP contribution is 2.25. The molecule has 1 heterocycles. The Morgan fingerprint density at radius 3 is 2.70 bits per heavy atom. The fourth-order valence-corrected chi connectivity index (χ4v) is 2.41. The van der Waals surface area contributed by atoms with Gasteiger partial charge in [0.05, 0.1) is 16.4 Å². The average Bonchev–Trinajstić information content (AvgIpc) is 2.66. The van der Waals surface area contributed by atoms with E-state index >= 15 is 0 Å². The fourth-order valence-electron chi connectivity index (χ4n) is 2.24. The second-order valence-electron chi connectivity index (χ2n) is 5.39. The van der Waals surface area contributed by atoms with E-state index < -0.39 is 0 Å². The van der Waals surface area contributed by atoms with Crippen LogP contribution in [0.4, 0.5) is 0 Å². The Bertz CT molecular complexity index is 631. The molecule has 1 N–H and O–H groups in total. The van der Waals surface area contributed by atoms with E-state index in [0.29, 0.717) is 0 Å². The minimum Gasteiger partial charge on any atom is -0.352 e. The van der Waals surface area contributed by atoms with Gasteiger partial charge >= 0.3 is 0 Å².